The molecule has 1 aromatic heterocycles. The van der Waals surface area contributed by atoms with Crippen LogP contribution >= 0.6 is 0 Å². The molecule has 1 amide bonds. The highest BCUT2D eigenvalue weighted by Crippen LogP contribution is 2.26. The molecule has 4 rings (SSSR count). The molecule has 1 aliphatic heterocycles. The summed E-state index contributed by atoms with van der Waals surface area (Å²) in [6.07, 6.45) is 3.88. The number of carbonyl (C=O) groups is 1. The monoisotopic (exact) mass is 401 g/mol. The number of rotatable bonds is 6. The molecule has 0 unspecified atom stereocenters. The van der Waals surface area contributed by atoms with Crippen molar-refractivity contribution in [2.75, 3.05) is 25.5 Å². The largest absolute Gasteiger partial charge is 0.474 e. The van der Waals surface area contributed by atoms with E-state index in [4.69, 9.17) is 4.74 Å². The van der Waals surface area contributed by atoms with Gasteiger partial charge in [0.05, 0.1) is 17.8 Å². The average molecular weight is 402 g/mol. The normalized spacial score (nSPS) is 15.1. The van der Waals surface area contributed by atoms with Crippen LogP contribution in [0.25, 0.3) is 0 Å². The summed E-state index contributed by atoms with van der Waals surface area (Å²) in [6.45, 7) is 2.08. The van der Waals surface area contributed by atoms with E-state index in [0.717, 1.165) is 37.1 Å². The van der Waals surface area contributed by atoms with E-state index in [2.05, 4.69) is 22.2 Å². The minimum absolute atomic E-state index is 0.0850. The number of amides is 1. The number of nitrogens with one attached hydrogen (secondary N) is 1. The van der Waals surface area contributed by atoms with Gasteiger partial charge in [-0.3, -0.25) is 4.79 Å². The van der Waals surface area contributed by atoms with Crippen LogP contribution in [0.2, 0.25) is 0 Å². The quantitative estimate of drug-likeness (QED) is 0.668. The van der Waals surface area contributed by atoms with Crippen LogP contribution in [0.5, 0.6) is 5.88 Å². The van der Waals surface area contributed by atoms with Crippen LogP contribution in [0.1, 0.15) is 29.9 Å². The first-order chi connectivity index (χ1) is 14.7. The number of ether oxygens (including phenoxy) is 1. The van der Waals surface area contributed by atoms with Crippen LogP contribution in [0.3, 0.4) is 0 Å². The summed E-state index contributed by atoms with van der Waals surface area (Å²) in [4.78, 5) is 19.9. The second-order valence-electron chi connectivity index (χ2n) is 7.75. The fourth-order valence-corrected chi connectivity index (χ4v) is 3.80. The summed E-state index contributed by atoms with van der Waals surface area (Å²) in [6, 6.07) is 23.3. The molecule has 5 heteroatoms. The highest BCUT2D eigenvalue weighted by atomic mass is 16.5. The highest BCUT2D eigenvalue weighted by molar-refractivity contribution is 5.98. The lowest BCUT2D eigenvalue weighted by Gasteiger charge is -2.28. The van der Waals surface area contributed by atoms with Gasteiger partial charge in [0.25, 0.3) is 0 Å². The molecule has 0 saturated carbocycles. The van der Waals surface area contributed by atoms with Gasteiger partial charge in [0.15, 0.2) is 0 Å². The highest BCUT2D eigenvalue weighted by Gasteiger charge is 2.23. The number of benzene rings is 2. The summed E-state index contributed by atoms with van der Waals surface area (Å²) in [7, 11) is 2.13. The summed E-state index contributed by atoms with van der Waals surface area (Å²) in [5, 5.41) is 3.01. The van der Waals surface area contributed by atoms with Crippen LogP contribution in [0, 0.1) is 0 Å². The summed E-state index contributed by atoms with van der Waals surface area (Å²) in [5.74, 6) is 0.131. The first-order valence-corrected chi connectivity index (χ1v) is 10.4. The van der Waals surface area contributed by atoms with Crippen molar-refractivity contribution in [3.8, 4) is 5.88 Å². The standard InChI is InChI=1S/C25H27N3O2/c1-28-16-14-22(15-17-28)30-23-13-12-21(18-26-23)27-25(29)24(19-8-4-2-5-9-19)20-10-6-3-7-11-20/h2-13,18,22,24H,14-17H2,1H3,(H,27,29). The lowest BCUT2D eigenvalue weighted by atomic mass is 9.90. The first kappa shape index (κ1) is 20.1. The van der Waals surface area contributed by atoms with Gasteiger partial charge < -0.3 is 15.0 Å². The Bertz CT molecular complexity index is 898. The average Bonchev–Trinajstić information content (AvgIpc) is 2.78. The maximum absolute atomic E-state index is 13.2. The number of anilines is 1. The van der Waals surface area contributed by atoms with E-state index >= 15 is 0 Å². The van der Waals surface area contributed by atoms with E-state index < -0.39 is 0 Å². The van der Waals surface area contributed by atoms with Gasteiger partial charge in [-0.05, 0) is 37.1 Å². The van der Waals surface area contributed by atoms with Crippen molar-refractivity contribution in [1.29, 1.82) is 0 Å². The molecule has 1 aliphatic rings. The second kappa shape index (κ2) is 9.55. The van der Waals surface area contributed by atoms with Crippen LogP contribution < -0.4 is 10.1 Å². The summed E-state index contributed by atoms with van der Waals surface area (Å²) >= 11 is 0. The van der Waals surface area contributed by atoms with E-state index in [-0.39, 0.29) is 17.9 Å². The summed E-state index contributed by atoms with van der Waals surface area (Å²) in [5.41, 5.74) is 2.57. The lowest BCUT2D eigenvalue weighted by Crippen LogP contribution is -2.35. The minimum atomic E-state index is -0.387. The lowest BCUT2D eigenvalue weighted by molar-refractivity contribution is -0.116. The maximum Gasteiger partial charge on any atom is 0.236 e. The fourth-order valence-electron chi connectivity index (χ4n) is 3.80. The first-order valence-electron chi connectivity index (χ1n) is 10.4. The minimum Gasteiger partial charge on any atom is -0.474 e. The molecule has 1 N–H and O–H groups in total. The Morgan fingerprint density at radius 1 is 0.967 bits per heavy atom. The van der Waals surface area contributed by atoms with Crippen molar-refractivity contribution in [2.24, 2.45) is 0 Å². The van der Waals surface area contributed by atoms with Gasteiger partial charge >= 0.3 is 0 Å². The molecule has 1 saturated heterocycles. The van der Waals surface area contributed by atoms with Gasteiger partial charge in [-0.2, -0.15) is 0 Å². The molecule has 5 nitrogen and oxygen atoms in total. The molecule has 0 bridgehead atoms. The molecule has 0 aliphatic carbocycles. The van der Waals surface area contributed by atoms with E-state index in [9.17, 15) is 4.79 Å². The zero-order valence-electron chi connectivity index (χ0n) is 17.2. The van der Waals surface area contributed by atoms with Gasteiger partial charge in [-0.15, -0.1) is 0 Å². The maximum atomic E-state index is 13.2. The number of hydrogen-bond acceptors (Lipinski definition) is 4. The Balaban J connectivity index is 1.45. The Kier molecular flexibility index (Phi) is 6.40. The number of aromatic nitrogens is 1. The predicted molar refractivity (Wildman–Crippen MR) is 119 cm³/mol. The molecule has 1 fully saturated rings. The van der Waals surface area contributed by atoms with Crippen molar-refractivity contribution in [3.63, 3.8) is 0 Å². The third-order valence-electron chi connectivity index (χ3n) is 5.48. The number of hydrogen-bond donors (Lipinski definition) is 1. The SMILES string of the molecule is CN1CCC(Oc2ccc(NC(=O)C(c3ccccc3)c3ccccc3)cn2)CC1. The van der Waals surface area contributed by atoms with Gasteiger partial charge in [0.2, 0.25) is 11.8 Å². The molecule has 0 radical (unpaired) electrons. The smallest absolute Gasteiger partial charge is 0.236 e. The fraction of sp³-hybridized carbons (Fsp3) is 0.280. The van der Waals surface area contributed by atoms with Gasteiger partial charge in [0.1, 0.15) is 6.10 Å². The molecule has 0 atom stereocenters. The molecular weight excluding hydrogens is 374 g/mol. The van der Waals surface area contributed by atoms with Gasteiger partial charge in [0, 0.05) is 19.2 Å². The van der Waals surface area contributed by atoms with Crippen LogP contribution in [0.15, 0.2) is 79.0 Å². The van der Waals surface area contributed by atoms with Crippen LogP contribution in [0.4, 0.5) is 5.69 Å². The van der Waals surface area contributed by atoms with Crippen molar-refractivity contribution < 1.29 is 9.53 Å². The van der Waals surface area contributed by atoms with Crippen molar-refractivity contribution in [3.05, 3.63) is 90.1 Å². The second-order valence-corrected chi connectivity index (χ2v) is 7.75. The molecule has 2 aromatic carbocycles. The Morgan fingerprint density at radius 2 is 1.57 bits per heavy atom. The van der Waals surface area contributed by atoms with Crippen molar-refractivity contribution in [2.45, 2.75) is 24.9 Å². The number of carbonyl (C=O) groups excluding carboxylic acids is 1. The molecule has 30 heavy (non-hydrogen) atoms. The van der Waals surface area contributed by atoms with E-state index in [1.807, 2.05) is 72.8 Å². The van der Waals surface area contributed by atoms with E-state index in [1.54, 1.807) is 6.20 Å². The molecule has 2 heterocycles. The Hall–Kier alpha value is -3.18. The molecule has 0 spiro atoms. The molecule has 154 valence electrons. The van der Waals surface area contributed by atoms with Gasteiger partial charge in [-0.1, -0.05) is 60.7 Å². The zero-order valence-corrected chi connectivity index (χ0v) is 17.2. The number of nitrogens with zero attached hydrogens (tertiary/aromatic N) is 2. The predicted octanol–water partition coefficient (Wildman–Crippen LogP) is 4.33. The number of likely N-dealkylation sites (tertiary alicyclic amines) is 1. The van der Waals surface area contributed by atoms with Gasteiger partial charge in [-0.25, -0.2) is 4.98 Å². The Labute approximate surface area is 177 Å². The molecule has 3 aromatic rings. The van der Waals surface area contributed by atoms with E-state index in [0.29, 0.717) is 11.6 Å². The number of pyridine rings is 1. The molecular formula is C25H27N3O2. The third kappa shape index (κ3) is 5.05. The zero-order chi connectivity index (χ0) is 20.8. The number of piperidine rings is 1. The van der Waals surface area contributed by atoms with Crippen LogP contribution in [-0.4, -0.2) is 42.0 Å². The topological polar surface area (TPSA) is 54.5 Å². The summed E-state index contributed by atoms with van der Waals surface area (Å²) < 4.78 is 6.00. The van der Waals surface area contributed by atoms with E-state index in [1.165, 1.54) is 0 Å². The third-order valence-corrected chi connectivity index (χ3v) is 5.48. The van der Waals surface area contributed by atoms with Crippen molar-refractivity contribution in [1.82, 2.24) is 9.88 Å². The Morgan fingerprint density at radius 3 is 2.10 bits per heavy atom. The van der Waals surface area contributed by atoms with Crippen molar-refractivity contribution >= 4 is 11.6 Å². The van der Waals surface area contributed by atoms with Crippen LogP contribution in [-0.2, 0) is 4.79 Å².